The summed E-state index contributed by atoms with van der Waals surface area (Å²) in [6, 6.07) is 2.32. The Labute approximate surface area is 270 Å². The van der Waals surface area contributed by atoms with E-state index >= 15 is 0 Å². The van der Waals surface area contributed by atoms with Gasteiger partial charge >= 0.3 is 8.56 Å². The minimum absolute atomic E-state index is 1.06. The van der Waals surface area contributed by atoms with E-state index in [1.165, 1.54) is 117 Å². The molecular weight excluding hydrogens is 573 g/mol. The van der Waals surface area contributed by atoms with E-state index in [0.29, 0.717) is 0 Å². The molecule has 0 spiro atoms. The first-order valence-corrected chi connectivity index (χ1v) is 22.9. The Morgan fingerprint density at radius 2 is 0.860 bits per heavy atom. The van der Waals surface area contributed by atoms with Gasteiger partial charge in [0.2, 0.25) is 0 Å². The minimum atomic E-state index is -1.97. The Kier molecular flexibility index (Phi) is 22.4. The van der Waals surface area contributed by atoms with Crippen molar-refractivity contribution in [3.05, 3.63) is 0 Å². The van der Waals surface area contributed by atoms with Gasteiger partial charge in [0, 0.05) is 47.5 Å². The predicted octanol–water partition coefficient (Wildman–Crippen LogP) is 3.89. The third-order valence-corrected chi connectivity index (χ3v) is 14.9. The van der Waals surface area contributed by atoms with Crippen molar-refractivity contribution in [1.29, 1.82) is 0 Å². The van der Waals surface area contributed by atoms with Gasteiger partial charge < -0.3 is 42.7 Å². The third-order valence-electron chi connectivity index (χ3n) is 9.30. The molecule has 0 aromatic carbocycles. The quantitative estimate of drug-likeness (QED) is 0.124. The van der Waals surface area contributed by atoms with E-state index < -0.39 is 16.9 Å². The van der Waals surface area contributed by atoms with Crippen molar-refractivity contribution >= 4 is 16.9 Å². The largest absolute Gasteiger partial charge is 0.420 e. The van der Waals surface area contributed by atoms with E-state index in [4.69, 9.17) is 13.3 Å². The Morgan fingerprint density at radius 1 is 0.488 bits per heavy atom. The first-order chi connectivity index (χ1) is 20.4. The van der Waals surface area contributed by atoms with Crippen molar-refractivity contribution in [3.8, 4) is 0 Å². The van der Waals surface area contributed by atoms with E-state index in [2.05, 4.69) is 77.2 Å². The number of rotatable bonds is 27. The molecule has 0 saturated carbocycles. The lowest BCUT2D eigenvalue weighted by Gasteiger charge is -2.35. The molecule has 1 aliphatic heterocycles. The molecule has 0 atom stereocenters. The highest BCUT2D eigenvalue weighted by molar-refractivity contribution is 6.71. The second kappa shape index (κ2) is 23.4. The number of hydrogen-bond acceptors (Lipinski definition) is 9. The fourth-order valence-corrected chi connectivity index (χ4v) is 8.49. The molecule has 1 saturated heterocycles. The molecule has 0 aliphatic carbocycles. The van der Waals surface area contributed by atoms with Crippen LogP contribution in [0.25, 0.3) is 0 Å². The average molecular weight is 647 g/mol. The third kappa shape index (κ3) is 20.7. The highest BCUT2D eigenvalue weighted by Crippen LogP contribution is 2.15. The molecule has 9 nitrogen and oxygen atoms in total. The standard InChI is InChI=1S/C32H74N6O3Si2/c1-33(2)17-11-19-35(25-15-31-42(8,9)39-5)21-13-23-37-27-29-38(30-28-37)24-14-22-36(20-12-18-34(3)4)26-16-32-43(10,40-6)41-7/h11-32H2,1-10H3. The maximum atomic E-state index is 5.79. The monoisotopic (exact) mass is 647 g/mol. The van der Waals surface area contributed by atoms with Gasteiger partial charge in [-0.15, -0.1) is 0 Å². The molecular formula is C32H74N6O3Si2. The normalized spacial score (nSPS) is 16.0. The molecule has 1 heterocycles. The van der Waals surface area contributed by atoms with Gasteiger partial charge in [-0.1, -0.05) is 0 Å². The number of nitrogens with zero attached hydrogens (tertiary/aromatic N) is 6. The zero-order valence-electron chi connectivity index (χ0n) is 30.5. The summed E-state index contributed by atoms with van der Waals surface area (Å²) in [5, 5.41) is 0. The van der Waals surface area contributed by atoms with E-state index in [9.17, 15) is 0 Å². The lowest BCUT2D eigenvalue weighted by molar-refractivity contribution is 0.121. The SMILES string of the molecule is CO[Si](C)(C)CCCN(CCCN(C)C)CCCN1CCN(CCCN(CCCN(C)C)CCC[Si](C)(OC)OC)CC1. The zero-order chi connectivity index (χ0) is 32.1. The molecule has 0 amide bonds. The lowest BCUT2D eigenvalue weighted by Crippen LogP contribution is -2.47. The van der Waals surface area contributed by atoms with Crippen molar-refractivity contribution in [2.45, 2.75) is 70.3 Å². The summed E-state index contributed by atoms with van der Waals surface area (Å²) in [5.74, 6) is 0. The minimum Gasteiger partial charge on any atom is -0.420 e. The molecule has 0 unspecified atom stereocenters. The van der Waals surface area contributed by atoms with Crippen LogP contribution in [0.3, 0.4) is 0 Å². The van der Waals surface area contributed by atoms with Gasteiger partial charge in [0.15, 0.2) is 8.32 Å². The molecule has 0 bridgehead atoms. The highest BCUT2D eigenvalue weighted by atomic mass is 28.4. The zero-order valence-corrected chi connectivity index (χ0v) is 32.5. The van der Waals surface area contributed by atoms with Crippen molar-refractivity contribution < 1.29 is 13.3 Å². The molecule has 0 aromatic heterocycles. The lowest BCUT2D eigenvalue weighted by atomic mass is 10.2. The second-order valence-electron chi connectivity index (χ2n) is 14.1. The molecule has 1 aliphatic rings. The van der Waals surface area contributed by atoms with Crippen LogP contribution in [0.1, 0.15) is 38.5 Å². The van der Waals surface area contributed by atoms with Crippen molar-refractivity contribution in [1.82, 2.24) is 29.4 Å². The first-order valence-electron chi connectivity index (χ1n) is 17.3. The molecule has 1 fully saturated rings. The molecule has 258 valence electrons. The molecule has 43 heavy (non-hydrogen) atoms. The van der Waals surface area contributed by atoms with Gasteiger partial charge in [-0.25, -0.2) is 0 Å². The number of hydrogen-bond donors (Lipinski definition) is 0. The van der Waals surface area contributed by atoms with Crippen molar-refractivity contribution in [3.63, 3.8) is 0 Å². The fourth-order valence-electron chi connectivity index (χ4n) is 5.91. The van der Waals surface area contributed by atoms with Crippen LogP contribution in [0.5, 0.6) is 0 Å². The predicted molar refractivity (Wildman–Crippen MR) is 190 cm³/mol. The van der Waals surface area contributed by atoms with Gasteiger partial charge in [0.25, 0.3) is 0 Å². The summed E-state index contributed by atoms with van der Waals surface area (Å²) < 4.78 is 17.2. The van der Waals surface area contributed by atoms with E-state index in [-0.39, 0.29) is 0 Å². The summed E-state index contributed by atoms with van der Waals surface area (Å²) >= 11 is 0. The van der Waals surface area contributed by atoms with Gasteiger partial charge in [0.1, 0.15) is 0 Å². The van der Waals surface area contributed by atoms with Gasteiger partial charge in [-0.05, 0) is 164 Å². The van der Waals surface area contributed by atoms with Gasteiger partial charge in [0.05, 0.1) is 0 Å². The van der Waals surface area contributed by atoms with Crippen LogP contribution in [0.15, 0.2) is 0 Å². The molecule has 0 aromatic rings. The van der Waals surface area contributed by atoms with Crippen LogP contribution in [-0.2, 0) is 13.3 Å². The first kappa shape index (κ1) is 41.1. The van der Waals surface area contributed by atoms with Crippen LogP contribution in [0.4, 0.5) is 0 Å². The summed E-state index contributed by atoms with van der Waals surface area (Å²) in [6.45, 7) is 23.7. The topological polar surface area (TPSA) is 47.1 Å². The average Bonchev–Trinajstić information content (AvgIpc) is 2.97. The van der Waals surface area contributed by atoms with Crippen molar-refractivity contribution in [2.75, 3.05) is 141 Å². The Balaban J connectivity index is 2.37. The summed E-state index contributed by atoms with van der Waals surface area (Å²) in [4.78, 5) is 15.4. The summed E-state index contributed by atoms with van der Waals surface area (Å²) in [7, 11) is 10.8. The number of piperazine rings is 1. The van der Waals surface area contributed by atoms with Crippen LogP contribution in [0, 0.1) is 0 Å². The Bertz CT molecular complexity index is 665. The maximum Gasteiger partial charge on any atom is 0.334 e. The summed E-state index contributed by atoms with van der Waals surface area (Å²) in [5.41, 5.74) is 0. The van der Waals surface area contributed by atoms with Crippen LogP contribution in [-0.4, -0.2) is 187 Å². The van der Waals surface area contributed by atoms with Gasteiger partial charge in [-0.3, -0.25) is 0 Å². The van der Waals surface area contributed by atoms with E-state index in [1.807, 2.05) is 7.11 Å². The molecule has 1 rings (SSSR count). The molecule has 0 radical (unpaired) electrons. The second-order valence-corrected chi connectivity index (χ2v) is 22.1. The fraction of sp³-hybridized carbons (Fsp3) is 1.00. The van der Waals surface area contributed by atoms with Crippen molar-refractivity contribution in [2.24, 2.45) is 0 Å². The van der Waals surface area contributed by atoms with E-state index in [0.717, 1.165) is 25.6 Å². The molecule has 11 heteroatoms. The summed E-state index contributed by atoms with van der Waals surface area (Å²) in [6.07, 6.45) is 7.45. The van der Waals surface area contributed by atoms with Crippen LogP contribution in [0.2, 0.25) is 31.7 Å². The molecule has 0 N–H and O–H groups in total. The highest BCUT2D eigenvalue weighted by Gasteiger charge is 2.28. The van der Waals surface area contributed by atoms with Crippen LogP contribution < -0.4 is 0 Å². The van der Waals surface area contributed by atoms with Gasteiger partial charge in [-0.2, -0.15) is 0 Å². The van der Waals surface area contributed by atoms with E-state index in [1.54, 1.807) is 14.2 Å². The van der Waals surface area contributed by atoms with Crippen LogP contribution >= 0.6 is 0 Å². The smallest absolute Gasteiger partial charge is 0.334 e. The Hall–Kier alpha value is 0.0738. The Morgan fingerprint density at radius 3 is 1.23 bits per heavy atom. The maximum absolute atomic E-state index is 5.79.